The molecule has 4 nitrogen and oxygen atoms in total. The van der Waals surface area contributed by atoms with Crippen molar-refractivity contribution in [3.63, 3.8) is 0 Å². The summed E-state index contributed by atoms with van der Waals surface area (Å²) < 4.78 is 44.9. The van der Waals surface area contributed by atoms with E-state index in [0.717, 1.165) is 29.1 Å². The molecule has 0 radical (unpaired) electrons. The molecule has 1 amide bonds. The highest BCUT2D eigenvalue weighted by Crippen LogP contribution is 2.34. The molecule has 0 heterocycles. The number of hydrogen-bond acceptors (Lipinski definition) is 4. The molecule has 0 aliphatic carbocycles. The van der Waals surface area contributed by atoms with Crippen LogP contribution in [0.3, 0.4) is 0 Å². The average molecular weight is 449 g/mol. The van der Waals surface area contributed by atoms with Crippen molar-refractivity contribution in [2.24, 2.45) is 5.73 Å². The number of benzene rings is 2. The SMILES string of the molecule is C=CN(/C(=C/COCc1ccccc1C(F)(F)F)SC(=C)C(N)=O)c1ccccc1C. The summed E-state index contributed by atoms with van der Waals surface area (Å²) in [4.78, 5) is 13.3. The standard InChI is InChI=1S/C23H23F3N2O2S/c1-4-28(20-12-8-5-9-16(20)2)21(31-17(3)22(27)29)13-14-30-15-18-10-6-7-11-19(18)23(24,25)26/h4-13H,1,3,14-15H2,2H3,(H2,27,29)/b21-13-. The van der Waals surface area contributed by atoms with Gasteiger partial charge in [0.05, 0.1) is 28.7 Å². The summed E-state index contributed by atoms with van der Waals surface area (Å²) in [6.45, 7) is 9.18. The third-order valence-corrected chi connectivity index (χ3v) is 5.27. The molecule has 2 aromatic rings. The second-order valence-corrected chi connectivity index (χ2v) is 7.56. The Kier molecular flexibility index (Phi) is 8.53. The molecule has 164 valence electrons. The summed E-state index contributed by atoms with van der Waals surface area (Å²) >= 11 is 1.03. The van der Waals surface area contributed by atoms with E-state index in [-0.39, 0.29) is 23.7 Å². The van der Waals surface area contributed by atoms with E-state index in [9.17, 15) is 18.0 Å². The van der Waals surface area contributed by atoms with E-state index in [1.165, 1.54) is 18.2 Å². The van der Waals surface area contributed by atoms with Crippen molar-refractivity contribution in [3.8, 4) is 0 Å². The van der Waals surface area contributed by atoms with Crippen LogP contribution in [0.4, 0.5) is 18.9 Å². The van der Waals surface area contributed by atoms with Gasteiger partial charge in [0.1, 0.15) is 0 Å². The summed E-state index contributed by atoms with van der Waals surface area (Å²) in [5.74, 6) is -0.676. The molecule has 0 aromatic heterocycles. The van der Waals surface area contributed by atoms with Crippen molar-refractivity contribution in [2.45, 2.75) is 19.7 Å². The quantitative estimate of drug-likeness (QED) is 0.371. The summed E-state index contributed by atoms with van der Waals surface area (Å²) in [6.07, 6.45) is -1.25. The Balaban J connectivity index is 2.23. The second-order valence-electron chi connectivity index (χ2n) is 6.44. The van der Waals surface area contributed by atoms with E-state index < -0.39 is 17.6 Å². The van der Waals surface area contributed by atoms with E-state index in [1.807, 2.05) is 31.2 Å². The van der Waals surface area contributed by atoms with Crippen molar-refractivity contribution in [1.29, 1.82) is 0 Å². The van der Waals surface area contributed by atoms with Crippen molar-refractivity contribution < 1.29 is 22.7 Å². The van der Waals surface area contributed by atoms with Crippen LogP contribution >= 0.6 is 11.8 Å². The maximum absolute atomic E-state index is 13.1. The number of carbonyl (C=O) groups excluding carboxylic acids is 1. The summed E-state index contributed by atoms with van der Waals surface area (Å²) in [5.41, 5.74) is 6.39. The van der Waals surface area contributed by atoms with Gasteiger partial charge in [-0.1, -0.05) is 61.3 Å². The lowest BCUT2D eigenvalue weighted by Gasteiger charge is -2.25. The highest BCUT2D eigenvalue weighted by molar-refractivity contribution is 8.07. The molecule has 2 aromatic carbocycles. The molecule has 0 aliphatic rings. The van der Waals surface area contributed by atoms with Gasteiger partial charge in [0.15, 0.2) is 0 Å². The normalized spacial score (nSPS) is 11.8. The first-order valence-electron chi connectivity index (χ1n) is 9.22. The molecule has 0 spiro atoms. The number of para-hydroxylation sites is 1. The van der Waals surface area contributed by atoms with Gasteiger partial charge in [-0.3, -0.25) is 4.79 Å². The molecular weight excluding hydrogens is 425 g/mol. The predicted molar refractivity (Wildman–Crippen MR) is 119 cm³/mol. The number of halogens is 3. The van der Waals surface area contributed by atoms with Gasteiger partial charge in [-0.25, -0.2) is 0 Å². The number of aryl methyl sites for hydroxylation is 1. The van der Waals surface area contributed by atoms with E-state index >= 15 is 0 Å². The number of primary amides is 1. The molecule has 0 fully saturated rings. The smallest absolute Gasteiger partial charge is 0.373 e. The summed E-state index contributed by atoms with van der Waals surface area (Å²) in [5, 5.41) is 0.539. The fraction of sp³-hybridized carbons (Fsp3) is 0.174. The number of nitrogens with zero attached hydrogens (tertiary/aromatic N) is 1. The van der Waals surface area contributed by atoms with Gasteiger partial charge in [-0.15, -0.1) is 0 Å². The van der Waals surface area contributed by atoms with Crippen LogP contribution in [0.5, 0.6) is 0 Å². The number of thioether (sulfide) groups is 1. The first kappa shape index (κ1) is 24.3. The zero-order valence-corrected chi connectivity index (χ0v) is 17.8. The molecule has 0 aliphatic heterocycles. The zero-order chi connectivity index (χ0) is 23.0. The number of ether oxygens (including phenoxy) is 1. The van der Waals surface area contributed by atoms with Gasteiger partial charge < -0.3 is 15.4 Å². The van der Waals surface area contributed by atoms with E-state index in [0.29, 0.717) is 5.03 Å². The number of rotatable bonds is 10. The Morgan fingerprint density at radius 1 is 1.19 bits per heavy atom. The molecule has 0 saturated carbocycles. The number of amides is 1. The third kappa shape index (κ3) is 6.77. The molecule has 0 saturated heterocycles. The van der Waals surface area contributed by atoms with Crippen LogP contribution in [0.15, 0.2) is 83.9 Å². The Bertz CT molecular complexity index is 987. The molecule has 8 heteroatoms. The van der Waals surface area contributed by atoms with Gasteiger partial charge in [0, 0.05) is 11.9 Å². The van der Waals surface area contributed by atoms with Gasteiger partial charge >= 0.3 is 6.18 Å². The van der Waals surface area contributed by atoms with Crippen LogP contribution in [0.2, 0.25) is 0 Å². The number of carbonyl (C=O) groups is 1. The second kappa shape index (κ2) is 10.9. The maximum Gasteiger partial charge on any atom is 0.416 e. The molecule has 2 rings (SSSR count). The predicted octanol–water partition coefficient (Wildman–Crippen LogP) is 5.75. The fourth-order valence-corrected chi connectivity index (χ4v) is 3.50. The molecule has 0 bridgehead atoms. The summed E-state index contributed by atoms with van der Waals surface area (Å²) in [6, 6.07) is 12.8. The lowest BCUT2D eigenvalue weighted by molar-refractivity contribution is -0.138. The largest absolute Gasteiger partial charge is 0.416 e. The lowest BCUT2D eigenvalue weighted by atomic mass is 10.1. The molecule has 0 unspecified atom stereocenters. The highest BCUT2D eigenvalue weighted by atomic mass is 32.2. The van der Waals surface area contributed by atoms with E-state index in [1.54, 1.807) is 17.2 Å². The number of alkyl halides is 3. The molecule has 2 N–H and O–H groups in total. The van der Waals surface area contributed by atoms with Crippen molar-refractivity contribution in [3.05, 3.63) is 101 Å². The Morgan fingerprint density at radius 3 is 2.45 bits per heavy atom. The number of nitrogens with two attached hydrogens (primary N) is 1. The van der Waals surface area contributed by atoms with Crippen LogP contribution in [0.25, 0.3) is 0 Å². The van der Waals surface area contributed by atoms with Crippen LogP contribution in [-0.2, 0) is 22.3 Å². The summed E-state index contributed by atoms with van der Waals surface area (Å²) in [7, 11) is 0. The minimum Gasteiger partial charge on any atom is -0.373 e. The monoisotopic (exact) mass is 448 g/mol. The van der Waals surface area contributed by atoms with Crippen LogP contribution in [-0.4, -0.2) is 12.5 Å². The van der Waals surface area contributed by atoms with E-state index in [2.05, 4.69) is 13.2 Å². The van der Waals surface area contributed by atoms with Crippen LogP contribution in [0, 0.1) is 6.92 Å². The molecule has 0 atom stereocenters. The first-order valence-corrected chi connectivity index (χ1v) is 10.0. The highest BCUT2D eigenvalue weighted by Gasteiger charge is 2.32. The third-order valence-electron chi connectivity index (χ3n) is 4.25. The van der Waals surface area contributed by atoms with Gasteiger partial charge in [-0.2, -0.15) is 13.2 Å². The minimum absolute atomic E-state index is 0.00319. The van der Waals surface area contributed by atoms with Crippen molar-refractivity contribution in [1.82, 2.24) is 0 Å². The van der Waals surface area contributed by atoms with E-state index in [4.69, 9.17) is 10.5 Å². The average Bonchev–Trinajstić information content (AvgIpc) is 2.72. The Hall–Kier alpha value is -2.97. The first-order chi connectivity index (χ1) is 14.6. The maximum atomic E-state index is 13.1. The van der Waals surface area contributed by atoms with Gasteiger partial charge in [-0.05, 0) is 36.3 Å². The number of hydrogen-bond donors (Lipinski definition) is 1. The van der Waals surface area contributed by atoms with Gasteiger partial charge in [0.2, 0.25) is 0 Å². The minimum atomic E-state index is -4.46. The lowest BCUT2D eigenvalue weighted by Crippen LogP contribution is -2.18. The topological polar surface area (TPSA) is 55.6 Å². The fourth-order valence-electron chi connectivity index (χ4n) is 2.73. The Labute approximate surface area is 183 Å². The molecular formula is C23H23F3N2O2S. The van der Waals surface area contributed by atoms with Gasteiger partial charge in [0.25, 0.3) is 5.91 Å². The van der Waals surface area contributed by atoms with Crippen LogP contribution < -0.4 is 10.6 Å². The number of anilines is 1. The zero-order valence-electron chi connectivity index (χ0n) is 17.0. The molecule has 31 heavy (non-hydrogen) atoms. The van der Waals surface area contributed by atoms with Crippen molar-refractivity contribution in [2.75, 3.05) is 11.5 Å². The van der Waals surface area contributed by atoms with Crippen LogP contribution in [0.1, 0.15) is 16.7 Å². The Morgan fingerprint density at radius 2 is 1.84 bits per heavy atom. The van der Waals surface area contributed by atoms with Crippen molar-refractivity contribution >= 4 is 23.4 Å².